The van der Waals surface area contributed by atoms with Gasteiger partial charge in [-0.25, -0.2) is 4.99 Å². The van der Waals surface area contributed by atoms with Crippen LogP contribution in [0.4, 0.5) is 5.69 Å². The molecule has 0 bridgehead atoms. The Morgan fingerprint density at radius 2 is 1.87 bits per heavy atom. The number of anilines is 1. The second kappa shape index (κ2) is 11.5. The Morgan fingerprint density at radius 3 is 2.50 bits per heavy atom. The molecule has 1 aliphatic rings. The molecule has 1 N–H and O–H groups in total. The van der Waals surface area contributed by atoms with Gasteiger partial charge in [-0.15, -0.1) is 34.2 Å². The molecule has 0 radical (unpaired) electrons. The summed E-state index contributed by atoms with van der Waals surface area (Å²) in [4.78, 5) is 9.62. The van der Waals surface area contributed by atoms with Gasteiger partial charge < -0.3 is 24.4 Å². The Labute approximate surface area is 196 Å². The monoisotopic (exact) mass is 527 g/mol. The number of methoxy groups -OCH3 is 1. The maximum Gasteiger partial charge on any atom is 0.194 e. The van der Waals surface area contributed by atoms with Crippen molar-refractivity contribution in [3.63, 3.8) is 0 Å². The Balaban J connectivity index is 0.00000320. The van der Waals surface area contributed by atoms with E-state index >= 15 is 0 Å². The second-order valence-corrected chi connectivity index (χ2v) is 7.55. The smallest absolute Gasteiger partial charge is 0.194 e. The summed E-state index contributed by atoms with van der Waals surface area (Å²) in [6.45, 7) is 11.9. The molecule has 0 amide bonds. The van der Waals surface area contributed by atoms with E-state index in [0.29, 0.717) is 13.2 Å². The topological polar surface area (TPSA) is 70.8 Å². The van der Waals surface area contributed by atoms with Crippen LogP contribution in [0.2, 0.25) is 0 Å². The summed E-state index contributed by atoms with van der Waals surface area (Å²) in [5.41, 5.74) is 3.97. The molecular weight excluding hydrogens is 493 g/mol. The van der Waals surface area contributed by atoms with Crippen LogP contribution in [-0.4, -0.2) is 72.1 Å². The van der Waals surface area contributed by atoms with Crippen LogP contribution in [-0.2, 0) is 18.3 Å². The van der Waals surface area contributed by atoms with Crippen LogP contribution in [0, 0.1) is 20.8 Å². The highest BCUT2D eigenvalue weighted by Gasteiger charge is 2.21. The van der Waals surface area contributed by atoms with Gasteiger partial charge in [-0.1, -0.05) is 12.1 Å². The Bertz CT molecular complexity index is 844. The van der Waals surface area contributed by atoms with Gasteiger partial charge >= 0.3 is 0 Å². The van der Waals surface area contributed by atoms with Crippen molar-refractivity contribution in [2.24, 2.45) is 12.0 Å². The van der Waals surface area contributed by atoms with Gasteiger partial charge in [0.2, 0.25) is 0 Å². The number of benzene rings is 1. The number of rotatable bonds is 6. The summed E-state index contributed by atoms with van der Waals surface area (Å²) in [5.74, 6) is 2.66. The summed E-state index contributed by atoms with van der Waals surface area (Å²) in [6.07, 6.45) is 0. The van der Waals surface area contributed by atoms with Gasteiger partial charge in [-0.05, 0) is 38.0 Å². The van der Waals surface area contributed by atoms with E-state index in [1.54, 1.807) is 7.11 Å². The molecule has 1 aliphatic heterocycles. The summed E-state index contributed by atoms with van der Waals surface area (Å²) < 4.78 is 7.17. The fraction of sp³-hybridized carbons (Fsp3) is 0.571. The second-order valence-electron chi connectivity index (χ2n) is 7.55. The van der Waals surface area contributed by atoms with Crippen molar-refractivity contribution in [3.05, 3.63) is 41.0 Å². The number of aromatic nitrogens is 3. The van der Waals surface area contributed by atoms with E-state index in [9.17, 15) is 0 Å². The van der Waals surface area contributed by atoms with E-state index in [4.69, 9.17) is 9.73 Å². The van der Waals surface area contributed by atoms with E-state index in [1.807, 2.05) is 18.5 Å². The van der Waals surface area contributed by atoms with Crippen LogP contribution in [0.25, 0.3) is 0 Å². The summed E-state index contributed by atoms with van der Waals surface area (Å²) in [7, 11) is 3.69. The average molecular weight is 527 g/mol. The number of guanidine groups is 1. The lowest BCUT2D eigenvalue weighted by molar-refractivity contribution is 0.202. The van der Waals surface area contributed by atoms with Gasteiger partial charge in [0.1, 0.15) is 12.4 Å². The van der Waals surface area contributed by atoms with E-state index in [-0.39, 0.29) is 24.0 Å². The zero-order chi connectivity index (χ0) is 20.8. The molecule has 0 unspecified atom stereocenters. The number of aliphatic imine (C=N–C) groups is 1. The average Bonchev–Trinajstić information content (AvgIpc) is 3.05. The summed E-state index contributed by atoms with van der Waals surface area (Å²) >= 11 is 0. The van der Waals surface area contributed by atoms with Gasteiger partial charge in [0.05, 0.1) is 6.61 Å². The van der Waals surface area contributed by atoms with Crippen molar-refractivity contribution in [1.82, 2.24) is 25.0 Å². The largest absolute Gasteiger partial charge is 0.383 e. The molecule has 2 heterocycles. The fourth-order valence-electron chi connectivity index (χ4n) is 3.49. The lowest BCUT2D eigenvalue weighted by Crippen LogP contribution is -2.53. The highest BCUT2D eigenvalue weighted by atomic mass is 127. The first-order chi connectivity index (χ1) is 14.0. The highest BCUT2D eigenvalue weighted by Crippen LogP contribution is 2.22. The molecule has 1 aromatic carbocycles. The number of aryl methyl sites for hydroxylation is 3. The van der Waals surface area contributed by atoms with E-state index in [2.05, 4.69) is 57.4 Å². The number of hydrogen-bond donors (Lipinski definition) is 1. The molecule has 0 spiro atoms. The number of piperazine rings is 1. The standard InChI is InChI=1S/C21H33N7O.HI/c1-16-6-7-17(2)19(14-16)27-9-11-28(12-10-27)21(22-8-13-29-5)23-15-20-25-24-18(3)26(20)4;/h6-7,14H,8-13,15H2,1-5H3,(H,22,23);1H. The molecule has 1 aromatic heterocycles. The molecule has 3 rings (SSSR count). The Morgan fingerprint density at radius 1 is 1.13 bits per heavy atom. The quantitative estimate of drug-likeness (QED) is 0.269. The Hall–Kier alpha value is -1.88. The van der Waals surface area contributed by atoms with Gasteiger partial charge in [-0.2, -0.15) is 0 Å². The van der Waals surface area contributed by atoms with Crippen LogP contribution in [0.5, 0.6) is 0 Å². The SMILES string of the molecule is COCCNC(=NCc1nnc(C)n1C)N1CCN(c2cc(C)ccc2C)CC1.I. The maximum atomic E-state index is 5.19. The van der Waals surface area contributed by atoms with Crippen molar-refractivity contribution in [2.45, 2.75) is 27.3 Å². The van der Waals surface area contributed by atoms with Crippen molar-refractivity contribution in [1.29, 1.82) is 0 Å². The molecule has 2 aromatic rings. The van der Waals surface area contributed by atoms with Gasteiger partial charge in [0.15, 0.2) is 11.8 Å². The summed E-state index contributed by atoms with van der Waals surface area (Å²) in [6, 6.07) is 6.67. The first kappa shape index (κ1) is 24.4. The molecular formula is C21H34IN7O. The van der Waals surface area contributed by atoms with Crippen LogP contribution in [0.15, 0.2) is 23.2 Å². The third-order valence-corrected chi connectivity index (χ3v) is 5.43. The first-order valence-corrected chi connectivity index (χ1v) is 10.2. The molecule has 1 fully saturated rings. The van der Waals surface area contributed by atoms with Crippen LogP contribution in [0.1, 0.15) is 22.8 Å². The van der Waals surface area contributed by atoms with Crippen molar-refractivity contribution >= 4 is 35.6 Å². The maximum absolute atomic E-state index is 5.19. The van der Waals surface area contributed by atoms with Gasteiger partial charge in [-0.3, -0.25) is 0 Å². The lowest BCUT2D eigenvalue weighted by Gasteiger charge is -2.38. The lowest BCUT2D eigenvalue weighted by atomic mass is 10.1. The van der Waals surface area contributed by atoms with Crippen LogP contribution < -0.4 is 10.2 Å². The normalized spacial score (nSPS) is 14.6. The molecule has 0 aliphatic carbocycles. The van der Waals surface area contributed by atoms with E-state index in [0.717, 1.165) is 50.3 Å². The fourth-order valence-corrected chi connectivity index (χ4v) is 3.49. The zero-order valence-corrected chi connectivity index (χ0v) is 21.0. The van der Waals surface area contributed by atoms with Crippen molar-refractivity contribution in [2.75, 3.05) is 51.3 Å². The van der Waals surface area contributed by atoms with E-state index < -0.39 is 0 Å². The van der Waals surface area contributed by atoms with Crippen LogP contribution in [0.3, 0.4) is 0 Å². The number of halogens is 1. The van der Waals surface area contributed by atoms with Crippen LogP contribution >= 0.6 is 24.0 Å². The molecule has 166 valence electrons. The predicted octanol–water partition coefficient (Wildman–Crippen LogP) is 2.27. The number of nitrogens with zero attached hydrogens (tertiary/aromatic N) is 6. The minimum absolute atomic E-state index is 0. The number of nitrogens with one attached hydrogen (secondary N) is 1. The molecule has 1 saturated heterocycles. The van der Waals surface area contributed by atoms with Gasteiger partial charge in [0, 0.05) is 52.6 Å². The van der Waals surface area contributed by atoms with Crippen molar-refractivity contribution < 1.29 is 4.74 Å². The molecule has 0 atom stereocenters. The molecule has 9 heteroatoms. The molecule has 30 heavy (non-hydrogen) atoms. The third kappa shape index (κ3) is 6.07. The van der Waals surface area contributed by atoms with E-state index in [1.165, 1.54) is 16.8 Å². The summed E-state index contributed by atoms with van der Waals surface area (Å²) in [5, 5.41) is 11.8. The van der Waals surface area contributed by atoms with Crippen molar-refractivity contribution in [3.8, 4) is 0 Å². The number of hydrogen-bond acceptors (Lipinski definition) is 5. The highest BCUT2D eigenvalue weighted by molar-refractivity contribution is 14.0. The minimum atomic E-state index is 0. The number of ether oxygens (including phenoxy) is 1. The molecule has 0 saturated carbocycles. The first-order valence-electron chi connectivity index (χ1n) is 10.2. The third-order valence-electron chi connectivity index (χ3n) is 5.43. The molecule has 8 nitrogen and oxygen atoms in total. The van der Waals surface area contributed by atoms with Gasteiger partial charge in [0.25, 0.3) is 0 Å². The predicted molar refractivity (Wildman–Crippen MR) is 132 cm³/mol. The Kier molecular flexibility index (Phi) is 9.35. The minimum Gasteiger partial charge on any atom is -0.383 e. The zero-order valence-electron chi connectivity index (χ0n) is 18.7.